The first-order valence-corrected chi connectivity index (χ1v) is 45.4. The number of hydrogen-bond acceptors (Lipinski definition) is 25. The molecule has 33 heteroatoms. The van der Waals surface area contributed by atoms with E-state index in [2.05, 4.69) is 95.7 Å². The summed E-state index contributed by atoms with van der Waals surface area (Å²) < 4.78 is 82.0. The number of nitrogens with zero attached hydrogens (tertiary/aromatic N) is 6. The Morgan fingerprint density at radius 3 is 1.95 bits per heavy atom. The van der Waals surface area contributed by atoms with Crippen molar-refractivity contribution < 1.29 is 115 Å². The average Bonchev–Trinajstić information content (AvgIpc) is 1.53. The number of rotatable bonds is 54. The molecule has 3 amide bonds. The minimum atomic E-state index is -2.15. The van der Waals surface area contributed by atoms with Gasteiger partial charge in [-0.25, -0.2) is 14.6 Å². The molecular formula is C84H118BrCuN8O22Si. The molecule has 648 valence electrons. The van der Waals surface area contributed by atoms with Gasteiger partial charge in [0, 0.05) is 97.9 Å². The van der Waals surface area contributed by atoms with E-state index in [9.17, 15) is 43.2 Å². The molecular weight excluding hydrogens is 1640 g/mol. The van der Waals surface area contributed by atoms with Crippen molar-refractivity contribution in [3.8, 4) is 29.5 Å². The van der Waals surface area contributed by atoms with Crippen molar-refractivity contribution in [2.45, 2.75) is 175 Å². The van der Waals surface area contributed by atoms with Crippen LogP contribution < -0.4 is 20.6 Å². The summed E-state index contributed by atoms with van der Waals surface area (Å²) in [5.74, 6) is 1.11. The number of nitrogens with one attached hydrogen (secondary N) is 2. The van der Waals surface area contributed by atoms with Crippen molar-refractivity contribution in [1.82, 2.24) is 19.8 Å². The molecule has 5 heterocycles. The van der Waals surface area contributed by atoms with Gasteiger partial charge in [-0.1, -0.05) is 65.2 Å². The third-order valence-electron chi connectivity index (χ3n) is 20.7. The maximum absolute atomic E-state index is 14.4. The fraction of sp³-hybridized carbons (Fsp3) is 0.619. The number of benzene rings is 2. The minimum absolute atomic E-state index is 0.00321. The van der Waals surface area contributed by atoms with E-state index in [4.69, 9.17) is 79.6 Å². The van der Waals surface area contributed by atoms with Crippen molar-refractivity contribution in [3.63, 3.8) is 0 Å². The van der Waals surface area contributed by atoms with Crippen molar-refractivity contribution >= 4 is 86.2 Å². The zero-order chi connectivity index (χ0) is 85.7. The first kappa shape index (κ1) is 96.5. The van der Waals surface area contributed by atoms with Crippen LogP contribution in [-0.2, 0) is 136 Å². The van der Waals surface area contributed by atoms with E-state index in [0.29, 0.717) is 199 Å². The molecule has 4 aromatic rings. The Labute approximate surface area is 704 Å². The van der Waals surface area contributed by atoms with Crippen LogP contribution in [0.3, 0.4) is 0 Å². The van der Waals surface area contributed by atoms with E-state index in [1.165, 1.54) is 17.1 Å². The third-order valence-corrected chi connectivity index (χ3v) is 25.1. The number of carbonyl (C=O) groups is 8. The van der Waals surface area contributed by atoms with E-state index >= 15 is 0 Å². The number of cyclic esters (lactones) is 1. The fourth-order valence-corrected chi connectivity index (χ4v) is 14.4. The number of aromatic nitrogens is 2. The zero-order valence-corrected chi connectivity index (χ0v) is 72.2. The van der Waals surface area contributed by atoms with Crippen LogP contribution in [0.2, 0.25) is 18.1 Å². The second-order valence-corrected chi connectivity index (χ2v) is 34.6. The number of hydrogen-bond donors (Lipinski definition) is 2. The summed E-state index contributed by atoms with van der Waals surface area (Å²) >= 11 is 6.50. The number of fused-ring (bicyclic) bond motifs is 5. The number of Topliss-reactive ketones (excluding diaryl/α,β-unsaturated/α-hetero) is 3. The molecule has 1 saturated carbocycles. The standard InChI is InChI=1S/C68H99N7O19Si.C16H19NO3.BrH.Cu/c1-9-55-56-42-54(94-95(7,8)67(4,5)6)21-22-60(56)73-62-57(55)44-75-61(62)43-59-58(64(75)79)48-91-65(80)68(59,10-2)93-66(81)92-45-49-17-19-51(20-18-49)72-63(78)50(15-12-13-23-70-11-3)41-53(77)47-90-46-52(76)16-14-25-82-27-29-84-31-33-86-35-37-88-39-40-89-38-36-87-34-32-85-30-28-83-26-24-71-74-69;1-2-3-4-14(18)13-7-5-12(6-8-13)11-17-15(19)9-10-16(17)20;;/h17-22,42-43,50,70H,9-16,23-41,44-48H2,1-8H3,(H,72,78);1,9-10,12-13H,3-8,11H2;1H;/q;;;+1/p-1/i3T;;;. The van der Waals surface area contributed by atoms with E-state index in [1.807, 2.05) is 18.2 Å². The molecule has 2 aromatic carbocycles. The van der Waals surface area contributed by atoms with Crippen LogP contribution in [0.5, 0.6) is 5.75 Å². The molecule has 1 aliphatic carbocycles. The number of ketones is 3. The summed E-state index contributed by atoms with van der Waals surface area (Å²) in [4.78, 5) is 125. The second kappa shape index (κ2) is 53.1. The summed E-state index contributed by atoms with van der Waals surface area (Å²) in [5, 5.41) is 10.4. The number of unbranched alkanes of at least 4 members (excludes halogenated alkanes) is 1. The van der Waals surface area contributed by atoms with Gasteiger partial charge in [0.05, 0.1) is 128 Å². The Morgan fingerprint density at radius 1 is 0.778 bits per heavy atom. The number of halogens is 1. The molecule has 8 rings (SSSR count). The number of amides is 3. The topological polar surface area (TPSA) is 368 Å². The Morgan fingerprint density at radius 2 is 1.38 bits per heavy atom. The van der Waals surface area contributed by atoms with Crippen molar-refractivity contribution in [2.24, 2.45) is 22.9 Å². The van der Waals surface area contributed by atoms with Crippen LogP contribution in [-0.4, -0.2) is 215 Å². The van der Waals surface area contributed by atoms with Gasteiger partial charge in [-0.2, -0.15) is 0 Å². The van der Waals surface area contributed by atoms with Crippen LogP contribution in [0, 0.1) is 30.1 Å². The van der Waals surface area contributed by atoms with Crippen LogP contribution in [0.1, 0.15) is 154 Å². The average molecular weight is 1770 g/mol. The van der Waals surface area contributed by atoms with Gasteiger partial charge in [0.25, 0.3) is 17.4 Å². The molecule has 2 aromatic heterocycles. The van der Waals surface area contributed by atoms with E-state index < -0.39 is 32.0 Å². The number of esters is 1. The Kier molecular flexibility index (Phi) is 43.8. The Bertz CT molecular complexity index is 4060. The zero-order valence-electron chi connectivity index (χ0n) is 69.7. The van der Waals surface area contributed by atoms with Crippen molar-refractivity contribution in [1.29, 1.82) is 0 Å². The van der Waals surface area contributed by atoms with Gasteiger partial charge < -0.3 is 76.5 Å². The SMILES string of the molecule is C#CCCC(=O)C1CCC(CN2C(=O)C=CC2=O)CC1.[3H]CCNCCCCC(CC(=O)COCC(=O)CCCOCCOCCOCCOCCOCCOCCOCCOCCN=[N+]=[N-])C(=O)Nc1ccc(COC(=O)OC2(CC)C(=O)OCc3c2cc2n(c3=O)Cc3c-2nc2ccc(O[Si](C)(C)C(C)(C)C)cc2c3CC)cc1.[Cu][Br]. The number of pyridine rings is 2. The predicted octanol–water partition coefficient (Wildman–Crippen LogP) is 12.0. The molecule has 30 nitrogen and oxygen atoms in total. The van der Waals surface area contributed by atoms with E-state index in [0.717, 1.165) is 59.9 Å². The number of anilines is 1. The van der Waals surface area contributed by atoms with E-state index in [1.54, 1.807) is 41.8 Å². The summed E-state index contributed by atoms with van der Waals surface area (Å²) in [6.07, 6.45) is 14.1. The van der Waals surface area contributed by atoms with Crippen LogP contribution in [0.4, 0.5) is 10.5 Å². The Hall–Kier alpha value is -7.61. The number of ether oxygens (including phenoxy) is 12. The quantitative estimate of drug-likeness (QED) is 0.00533. The fourth-order valence-electron chi connectivity index (χ4n) is 13.3. The van der Waals surface area contributed by atoms with Gasteiger partial charge in [-0.05, 0) is 148 Å². The first-order chi connectivity index (χ1) is 57.0. The predicted molar refractivity (Wildman–Crippen MR) is 440 cm³/mol. The number of terminal acetylenes is 1. The van der Waals surface area contributed by atoms with Gasteiger partial charge in [0.1, 0.15) is 38.0 Å². The van der Waals surface area contributed by atoms with Crippen molar-refractivity contribution in [3.05, 3.63) is 109 Å². The van der Waals surface area contributed by atoms with Crippen LogP contribution in [0.25, 0.3) is 32.7 Å². The molecule has 0 spiro atoms. The van der Waals surface area contributed by atoms with Gasteiger partial charge in [0.2, 0.25) is 19.8 Å². The van der Waals surface area contributed by atoms with Gasteiger partial charge in [0.15, 0.2) is 11.6 Å². The Balaban J connectivity index is 0.000000846. The molecule has 4 aliphatic rings. The van der Waals surface area contributed by atoms with Gasteiger partial charge in [-0.15, -0.1) is 12.3 Å². The van der Waals surface area contributed by atoms with Crippen LogP contribution in [0.15, 0.2) is 70.6 Å². The molecule has 0 bridgehead atoms. The summed E-state index contributed by atoms with van der Waals surface area (Å²) in [7, 11) is -2.15. The molecule has 1 fully saturated rings. The maximum atomic E-state index is 14.4. The van der Waals surface area contributed by atoms with Gasteiger partial charge in [-0.3, -0.25) is 38.5 Å². The molecule has 2 unspecified atom stereocenters. The molecule has 0 saturated heterocycles. The summed E-state index contributed by atoms with van der Waals surface area (Å²) in [6, 6.07) is 14.2. The third kappa shape index (κ3) is 32.1. The number of azide groups is 1. The molecule has 0 radical (unpaired) electrons. The normalized spacial score (nSPS) is 16.4. The number of aryl methyl sites for hydroxylation is 1. The molecule has 2 atom stereocenters. The number of imide groups is 1. The van der Waals surface area contributed by atoms with Crippen molar-refractivity contribution in [2.75, 3.05) is 150 Å². The monoisotopic (exact) mass is 1760 g/mol. The summed E-state index contributed by atoms with van der Waals surface area (Å²) in [6.45, 7) is 22.7. The number of carbonyl (C=O) groups excluding carboxylic acids is 8. The first-order valence-electron chi connectivity index (χ1n) is 40.9. The second-order valence-electron chi connectivity index (χ2n) is 29.9. The molecule has 2 N–H and O–H groups in total. The molecule has 3 aliphatic heterocycles. The van der Waals surface area contributed by atoms with Crippen LogP contribution >= 0.6 is 14.1 Å². The van der Waals surface area contributed by atoms with E-state index in [-0.39, 0.29) is 122 Å². The van der Waals surface area contributed by atoms with Gasteiger partial charge >= 0.3 is 40.4 Å². The molecule has 117 heavy (non-hydrogen) atoms. The summed E-state index contributed by atoms with van der Waals surface area (Å²) in [5.41, 5.74) is 11.0.